The molecule has 67 valence electrons. The first-order chi connectivity index (χ1) is 5.41. The Morgan fingerprint density at radius 3 is 1.64 bits per heavy atom. The number of halogens is 1. The summed E-state index contributed by atoms with van der Waals surface area (Å²) in [5.74, 6) is 0. The maximum atomic E-state index is 10.1. The Balaban J connectivity index is 2.69. The monoisotopic (exact) mass is 221 g/mol. The fraction of sp³-hybridized carbons (Fsp3) is 1.00. The molecule has 0 aliphatic heterocycles. The number of alkyl halides is 1. The molecular weight excluding hydrogens is 204 g/mol. The van der Waals surface area contributed by atoms with Gasteiger partial charge in [0.05, 0.1) is 6.61 Å². The summed E-state index contributed by atoms with van der Waals surface area (Å²) >= 11 is 3.40. The normalized spacial score (nSPS) is 10.4. The van der Waals surface area contributed by atoms with Crippen molar-refractivity contribution in [2.45, 2.75) is 44.9 Å². The Kier molecular flexibility index (Phi) is 10.9. The minimum Gasteiger partial charge on any atom is -0.237 e. The molecule has 0 aromatic carbocycles. The standard InChI is InChI=1S/C9H18BrO/c10-8-6-4-2-1-3-5-7-9-11/h1-9H2. The smallest absolute Gasteiger partial charge is 0.0822 e. The van der Waals surface area contributed by atoms with E-state index in [0.717, 1.165) is 18.2 Å². The van der Waals surface area contributed by atoms with Crippen molar-refractivity contribution >= 4 is 15.9 Å². The molecule has 0 saturated heterocycles. The van der Waals surface area contributed by atoms with Crippen molar-refractivity contribution in [3.8, 4) is 0 Å². The lowest BCUT2D eigenvalue weighted by Gasteiger charge is -1.98. The molecule has 0 aliphatic rings. The van der Waals surface area contributed by atoms with Crippen LogP contribution in [-0.2, 0) is 5.11 Å². The first-order valence-corrected chi connectivity index (χ1v) is 5.68. The zero-order chi connectivity index (χ0) is 8.36. The summed E-state index contributed by atoms with van der Waals surface area (Å²) in [7, 11) is 0. The SMILES string of the molecule is [O]CCCCCCCCCBr. The molecule has 0 spiro atoms. The van der Waals surface area contributed by atoms with Crippen LogP contribution in [0.1, 0.15) is 44.9 Å². The summed E-state index contributed by atoms with van der Waals surface area (Å²) in [4.78, 5) is 0. The highest BCUT2D eigenvalue weighted by molar-refractivity contribution is 9.09. The molecule has 0 fully saturated rings. The highest BCUT2D eigenvalue weighted by Crippen LogP contribution is 2.07. The molecule has 0 aromatic heterocycles. The fourth-order valence-electron chi connectivity index (χ4n) is 1.08. The second-order valence-electron chi connectivity index (χ2n) is 2.87. The fourth-order valence-corrected chi connectivity index (χ4v) is 1.48. The molecule has 0 saturated carbocycles. The summed E-state index contributed by atoms with van der Waals surface area (Å²) in [5, 5.41) is 11.2. The van der Waals surface area contributed by atoms with E-state index in [2.05, 4.69) is 15.9 Å². The van der Waals surface area contributed by atoms with Gasteiger partial charge in [0.2, 0.25) is 0 Å². The van der Waals surface area contributed by atoms with Gasteiger partial charge in [0, 0.05) is 5.33 Å². The molecule has 2 heteroatoms. The van der Waals surface area contributed by atoms with E-state index in [1.54, 1.807) is 0 Å². The van der Waals surface area contributed by atoms with Gasteiger partial charge >= 0.3 is 0 Å². The number of hydrogen-bond acceptors (Lipinski definition) is 0. The second kappa shape index (κ2) is 10.4. The van der Waals surface area contributed by atoms with Crippen molar-refractivity contribution in [1.29, 1.82) is 0 Å². The van der Waals surface area contributed by atoms with Crippen molar-refractivity contribution in [2.24, 2.45) is 0 Å². The van der Waals surface area contributed by atoms with Gasteiger partial charge in [-0.2, -0.15) is 0 Å². The van der Waals surface area contributed by atoms with Gasteiger partial charge in [-0.05, 0) is 12.8 Å². The Morgan fingerprint density at radius 2 is 1.18 bits per heavy atom. The minimum atomic E-state index is 0.113. The van der Waals surface area contributed by atoms with E-state index >= 15 is 0 Å². The van der Waals surface area contributed by atoms with Gasteiger partial charge in [-0.3, -0.25) is 0 Å². The molecule has 1 nitrogen and oxygen atoms in total. The third-order valence-electron chi connectivity index (χ3n) is 1.78. The van der Waals surface area contributed by atoms with Crippen molar-refractivity contribution in [2.75, 3.05) is 11.9 Å². The zero-order valence-corrected chi connectivity index (χ0v) is 8.74. The van der Waals surface area contributed by atoms with Crippen LogP contribution < -0.4 is 0 Å². The average Bonchev–Trinajstić information content (AvgIpc) is 2.03. The molecule has 0 aliphatic carbocycles. The van der Waals surface area contributed by atoms with Crippen LogP contribution in [0.4, 0.5) is 0 Å². The molecule has 1 radical (unpaired) electrons. The maximum Gasteiger partial charge on any atom is 0.0822 e. The maximum absolute atomic E-state index is 10.1. The molecular formula is C9H18BrO. The Hall–Kier alpha value is 0.440. The van der Waals surface area contributed by atoms with Crippen LogP contribution in [-0.4, -0.2) is 11.9 Å². The van der Waals surface area contributed by atoms with Gasteiger partial charge in [-0.1, -0.05) is 48.0 Å². The lowest BCUT2D eigenvalue weighted by atomic mass is 10.1. The van der Waals surface area contributed by atoms with Gasteiger partial charge in [0.25, 0.3) is 0 Å². The Labute approximate surface area is 78.3 Å². The van der Waals surface area contributed by atoms with Crippen LogP contribution in [0.3, 0.4) is 0 Å². The Bertz CT molecular complexity index is 58.6. The lowest BCUT2D eigenvalue weighted by molar-refractivity contribution is 0.186. The quantitative estimate of drug-likeness (QED) is 0.442. The van der Waals surface area contributed by atoms with E-state index in [-0.39, 0.29) is 6.61 Å². The van der Waals surface area contributed by atoms with E-state index in [1.165, 1.54) is 32.1 Å². The van der Waals surface area contributed by atoms with Gasteiger partial charge in [0.1, 0.15) is 0 Å². The first-order valence-electron chi connectivity index (χ1n) is 4.56. The highest BCUT2D eigenvalue weighted by atomic mass is 79.9. The predicted molar refractivity (Wildman–Crippen MR) is 51.7 cm³/mol. The average molecular weight is 222 g/mol. The van der Waals surface area contributed by atoms with Crippen LogP contribution in [0.5, 0.6) is 0 Å². The minimum absolute atomic E-state index is 0.113. The van der Waals surface area contributed by atoms with Gasteiger partial charge < -0.3 is 0 Å². The van der Waals surface area contributed by atoms with E-state index < -0.39 is 0 Å². The molecule has 0 amide bonds. The van der Waals surface area contributed by atoms with Gasteiger partial charge in [0.15, 0.2) is 0 Å². The second-order valence-corrected chi connectivity index (χ2v) is 3.66. The largest absolute Gasteiger partial charge is 0.237 e. The molecule has 0 rings (SSSR count). The summed E-state index contributed by atoms with van der Waals surface area (Å²) < 4.78 is 0. The molecule has 0 bridgehead atoms. The topological polar surface area (TPSA) is 19.9 Å². The van der Waals surface area contributed by atoms with Gasteiger partial charge in [-0.15, -0.1) is 0 Å². The first kappa shape index (κ1) is 11.4. The molecule has 11 heavy (non-hydrogen) atoms. The van der Waals surface area contributed by atoms with Crippen molar-refractivity contribution in [1.82, 2.24) is 0 Å². The van der Waals surface area contributed by atoms with E-state index in [1.807, 2.05) is 0 Å². The summed E-state index contributed by atoms with van der Waals surface area (Å²) in [6.07, 6.45) is 8.54. The van der Waals surface area contributed by atoms with E-state index in [0.29, 0.717) is 0 Å². The highest BCUT2D eigenvalue weighted by Gasteiger charge is 1.90. The lowest BCUT2D eigenvalue weighted by Crippen LogP contribution is -1.83. The third kappa shape index (κ3) is 10.4. The van der Waals surface area contributed by atoms with Crippen molar-refractivity contribution in [3.63, 3.8) is 0 Å². The van der Waals surface area contributed by atoms with Crippen LogP contribution in [0.2, 0.25) is 0 Å². The number of rotatable bonds is 8. The third-order valence-corrected chi connectivity index (χ3v) is 2.34. The van der Waals surface area contributed by atoms with E-state index in [4.69, 9.17) is 0 Å². The van der Waals surface area contributed by atoms with Crippen molar-refractivity contribution < 1.29 is 5.11 Å². The van der Waals surface area contributed by atoms with Crippen LogP contribution in [0, 0.1) is 0 Å². The van der Waals surface area contributed by atoms with Crippen LogP contribution >= 0.6 is 15.9 Å². The molecule has 0 unspecified atom stereocenters. The van der Waals surface area contributed by atoms with Gasteiger partial charge in [-0.25, -0.2) is 5.11 Å². The summed E-state index contributed by atoms with van der Waals surface area (Å²) in [5.41, 5.74) is 0. The zero-order valence-electron chi connectivity index (χ0n) is 7.15. The Morgan fingerprint density at radius 1 is 0.727 bits per heavy atom. The molecule has 0 aromatic rings. The van der Waals surface area contributed by atoms with Crippen LogP contribution in [0.15, 0.2) is 0 Å². The van der Waals surface area contributed by atoms with Crippen molar-refractivity contribution in [3.05, 3.63) is 0 Å². The molecule has 0 atom stereocenters. The summed E-state index contributed by atoms with van der Waals surface area (Å²) in [6, 6.07) is 0. The van der Waals surface area contributed by atoms with Crippen LogP contribution in [0.25, 0.3) is 0 Å². The predicted octanol–water partition coefficient (Wildman–Crippen LogP) is 3.54. The van der Waals surface area contributed by atoms with E-state index in [9.17, 15) is 5.11 Å². The molecule has 0 heterocycles. The molecule has 0 N–H and O–H groups in total. The number of hydrogen-bond donors (Lipinski definition) is 0. The number of unbranched alkanes of at least 4 members (excludes halogenated alkanes) is 6. The summed E-state index contributed by atoms with van der Waals surface area (Å²) in [6.45, 7) is 0.113.